The number of carbonyl (C=O) groups is 1. The molecule has 0 atom stereocenters. The molecule has 0 saturated carbocycles. The molecule has 4 heteroatoms. The van der Waals surface area contributed by atoms with Crippen LogP contribution in [0.3, 0.4) is 0 Å². The first kappa shape index (κ1) is 14.4. The molecule has 0 bridgehead atoms. The monoisotopic (exact) mass is 216 g/mol. The molecular weight excluding hydrogens is 192 g/mol. The van der Waals surface area contributed by atoms with Gasteiger partial charge in [0.2, 0.25) is 5.91 Å². The lowest BCUT2D eigenvalue weighted by Gasteiger charge is -2.39. The molecule has 0 aliphatic carbocycles. The molecule has 0 saturated heterocycles. The van der Waals surface area contributed by atoms with Crippen molar-refractivity contribution in [2.45, 2.75) is 51.6 Å². The number of nitrogens with zero attached hydrogens (tertiary/aromatic N) is 1. The third kappa shape index (κ3) is 2.92. The third-order valence-electron chi connectivity index (χ3n) is 3.29. The van der Waals surface area contributed by atoms with E-state index in [4.69, 9.17) is 5.73 Å². The summed E-state index contributed by atoms with van der Waals surface area (Å²) in [6, 6.07) is 0. The number of aliphatic hydroxyl groups is 1. The van der Waals surface area contributed by atoms with E-state index in [1.54, 1.807) is 11.9 Å². The largest absolute Gasteiger partial charge is 0.394 e. The summed E-state index contributed by atoms with van der Waals surface area (Å²) >= 11 is 0. The highest BCUT2D eigenvalue weighted by Gasteiger charge is 2.37. The van der Waals surface area contributed by atoms with Gasteiger partial charge in [0.15, 0.2) is 0 Å². The van der Waals surface area contributed by atoms with E-state index in [0.29, 0.717) is 12.8 Å². The first-order valence-electron chi connectivity index (χ1n) is 5.43. The van der Waals surface area contributed by atoms with E-state index in [9.17, 15) is 9.90 Å². The fourth-order valence-electron chi connectivity index (χ4n) is 1.27. The Balaban J connectivity index is 4.86. The Bertz CT molecular complexity index is 223. The molecule has 0 heterocycles. The van der Waals surface area contributed by atoms with Crippen LogP contribution in [0.4, 0.5) is 0 Å². The molecule has 90 valence electrons. The van der Waals surface area contributed by atoms with E-state index in [1.807, 2.05) is 27.7 Å². The van der Waals surface area contributed by atoms with Gasteiger partial charge in [0.1, 0.15) is 0 Å². The Hall–Kier alpha value is -0.610. The highest BCUT2D eigenvalue weighted by Crippen LogP contribution is 2.20. The zero-order valence-electron chi connectivity index (χ0n) is 10.5. The number of hydrogen-bond acceptors (Lipinski definition) is 3. The Morgan fingerprint density at radius 2 is 1.73 bits per heavy atom. The van der Waals surface area contributed by atoms with Gasteiger partial charge >= 0.3 is 0 Å². The zero-order chi connectivity index (χ0) is 12.3. The molecule has 0 fully saturated rings. The summed E-state index contributed by atoms with van der Waals surface area (Å²) in [6.07, 6.45) is 1.21. The number of aliphatic hydroxyl groups excluding tert-OH is 1. The van der Waals surface area contributed by atoms with Crippen molar-refractivity contribution in [3.05, 3.63) is 0 Å². The Morgan fingerprint density at radius 3 is 2.00 bits per heavy atom. The molecule has 0 aromatic rings. The standard InChI is InChI=1S/C11H24N2O2/c1-6-11(12,7-2)9(15)13(5)10(3,4)8-14/h14H,6-8,12H2,1-5H3. The molecule has 1 amide bonds. The molecule has 4 nitrogen and oxygen atoms in total. The van der Waals surface area contributed by atoms with Crippen LogP contribution >= 0.6 is 0 Å². The van der Waals surface area contributed by atoms with Gasteiger partial charge in [0, 0.05) is 7.05 Å². The second kappa shape index (κ2) is 4.94. The van der Waals surface area contributed by atoms with Gasteiger partial charge < -0.3 is 15.7 Å². The highest BCUT2D eigenvalue weighted by atomic mass is 16.3. The SMILES string of the molecule is CCC(N)(CC)C(=O)N(C)C(C)(C)CO. The molecule has 0 aliphatic heterocycles. The lowest BCUT2D eigenvalue weighted by atomic mass is 9.90. The molecule has 0 unspecified atom stereocenters. The number of carbonyl (C=O) groups excluding carboxylic acids is 1. The van der Waals surface area contributed by atoms with Gasteiger partial charge in [0.25, 0.3) is 0 Å². The van der Waals surface area contributed by atoms with Crippen molar-refractivity contribution in [2.75, 3.05) is 13.7 Å². The van der Waals surface area contributed by atoms with Gasteiger partial charge in [-0.05, 0) is 26.7 Å². The fraction of sp³-hybridized carbons (Fsp3) is 0.909. The van der Waals surface area contributed by atoms with Crippen LogP contribution in [0, 0.1) is 0 Å². The Morgan fingerprint density at radius 1 is 1.33 bits per heavy atom. The first-order chi connectivity index (χ1) is 6.75. The predicted octanol–water partition coefficient (Wildman–Crippen LogP) is 0.733. The van der Waals surface area contributed by atoms with Crippen molar-refractivity contribution >= 4 is 5.91 Å². The third-order valence-corrected chi connectivity index (χ3v) is 3.29. The van der Waals surface area contributed by atoms with Crippen LogP contribution in [0.2, 0.25) is 0 Å². The summed E-state index contributed by atoms with van der Waals surface area (Å²) in [5.41, 5.74) is 4.65. The van der Waals surface area contributed by atoms with Crippen LogP contribution in [-0.2, 0) is 4.79 Å². The average molecular weight is 216 g/mol. The van der Waals surface area contributed by atoms with Gasteiger partial charge in [-0.25, -0.2) is 0 Å². The van der Waals surface area contributed by atoms with Crippen LogP contribution < -0.4 is 5.73 Å². The van der Waals surface area contributed by atoms with Gasteiger partial charge in [-0.2, -0.15) is 0 Å². The molecule has 0 radical (unpaired) electrons. The fourth-order valence-corrected chi connectivity index (χ4v) is 1.27. The molecule has 3 N–H and O–H groups in total. The molecule has 0 spiro atoms. The summed E-state index contributed by atoms with van der Waals surface area (Å²) in [5, 5.41) is 9.19. The minimum atomic E-state index is -0.804. The molecular formula is C11H24N2O2. The van der Waals surface area contributed by atoms with Gasteiger partial charge in [-0.15, -0.1) is 0 Å². The summed E-state index contributed by atoms with van der Waals surface area (Å²) in [7, 11) is 1.69. The lowest BCUT2D eigenvalue weighted by molar-refractivity contribution is -0.142. The maximum Gasteiger partial charge on any atom is 0.242 e. The van der Waals surface area contributed by atoms with Gasteiger partial charge in [-0.1, -0.05) is 13.8 Å². The van der Waals surface area contributed by atoms with Crippen molar-refractivity contribution in [1.82, 2.24) is 4.90 Å². The molecule has 0 rings (SSSR count). The summed E-state index contributed by atoms with van der Waals surface area (Å²) in [4.78, 5) is 13.7. The van der Waals surface area contributed by atoms with Crippen LogP contribution in [0.25, 0.3) is 0 Å². The summed E-state index contributed by atoms with van der Waals surface area (Å²) in [6.45, 7) is 7.37. The minimum Gasteiger partial charge on any atom is -0.394 e. The topological polar surface area (TPSA) is 66.6 Å². The number of hydrogen-bond donors (Lipinski definition) is 2. The molecule has 0 aromatic heterocycles. The number of nitrogens with two attached hydrogens (primary N) is 1. The molecule has 0 aromatic carbocycles. The normalized spacial score (nSPS) is 12.7. The Labute approximate surface area is 92.4 Å². The average Bonchev–Trinajstić information content (AvgIpc) is 2.25. The van der Waals surface area contributed by atoms with E-state index >= 15 is 0 Å². The predicted molar refractivity (Wildman–Crippen MR) is 61.4 cm³/mol. The number of amides is 1. The van der Waals surface area contributed by atoms with E-state index in [1.165, 1.54) is 0 Å². The van der Waals surface area contributed by atoms with E-state index in [2.05, 4.69) is 0 Å². The van der Waals surface area contributed by atoms with Crippen LogP contribution in [-0.4, -0.2) is 40.6 Å². The first-order valence-corrected chi connectivity index (χ1v) is 5.43. The summed E-state index contributed by atoms with van der Waals surface area (Å²) in [5.74, 6) is -0.105. The van der Waals surface area contributed by atoms with Gasteiger partial charge in [-0.3, -0.25) is 4.79 Å². The van der Waals surface area contributed by atoms with Crippen LogP contribution in [0.5, 0.6) is 0 Å². The lowest BCUT2D eigenvalue weighted by Crippen LogP contribution is -2.59. The van der Waals surface area contributed by atoms with Gasteiger partial charge in [0.05, 0.1) is 17.7 Å². The van der Waals surface area contributed by atoms with Crippen molar-refractivity contribution in [2.24, 2.45) is 5.73 Å². The Kier molecular flexibility index (Phi) is 4.74. The maximum absolute atomic E-state index is 12.1. The summed E-state index contributed by atoms with van der Waals surface area (Å²) < 4.78 is 0. The van der Waals surface area contributed by atoms with Crippen molar-refractivity contribution in [3.8, 4) is 0 Å². The second-order valence-corrected chi connectivity index (χ2v) is 4.70. The zero-order valence-corrected chi connectivity index (χ0v) is 10.5. The van der Waals surface area contributed by atoms with Crippen molar-refractivity contribution in [3.63, 3.8) is 0 Å². The minimum absolute atomic E-state index is 0.0707. The number of likely N-dealkylation sites (N-methyl/N-ethyl adjacent to an activating group) is 1. The molecule has 15 heavy (non-hydrogen) atoms. The smallest absolute Gasteiger partial charge is 0.242 e. The quantitative estimate of drug-likeness (QED) is 0.712. The van der Waals surface area contributed by atoms with Crippen LogP contribution in [0.15, 0.2) is 0 Å². The van der Waals surface area contributed by atoms with Crippen LogP contribution in [0.1, 0.15) is 40.5 Å². The van der Waals surface area contributed by atoms with E-state index in [-0.39, 0.29) is 12.5 Å². The number of rotatable bonds is 5. The molecule has 0 aliphatic rings. The second-order valence-electron chi connectivity index (χ2n) is 4.70. The van der Waals surface area contributed by atoms with Crippen molar-refractivity contribution < 1.29 is 9.90 Å². The maximum atomic E-state index is 12.1. The van der Waals surface area contributed by atoms with E-state index in [0.717, 1.165) is 0 Å². The van der Waals surface area contributed by atoms with E-state index < -0.39 is 11.1 Å². The highest BCUT2D eigenvalue weighted by molar-refractivity contribution is 5.86. The van der Waals surface area contributed by atoms with Crippen molar-refractivity contribution in [1.29, 1.82) is 0 Å².